The van der Waals surface area contributed by atoms with Gasteiger partial charge in [0.15, 0.2) is 11.5 Å². The number of amides is 1. The van der Waals surface area contributed by atoms with Crippen molar-refractivity contribution in [1.29, 1.82) is 0 Å². The highest BCUT2D eigenvalue weighted by Crippen LogP contribution is 2.18. The highest BCUT2D eigenvalue weighted by molar-refractivity contribution is 7.99. The van der Waals surface area contributed by atoms with E-state index in [4.69, 9.17) is 11.5 Å². The number of unbranched alkanes of at least 4 members (excludes halogenated alkanes) is 1. The van der Waals surface area contributed by atoms with E-state index in [1.165, 1.54) is 4.57 Å². The first-order valence-corrected chi connectivity index (χ1v) is 11.8. The topological polar surface area (TPSA) is 157 Å². The fraction of sp³-hybridized carbons (Fsp3) is 0.429. The minimum Gasteiger partial charge on any atom is -0.382 e. The molecule has 0 aliphatic rings. The highest BCUT2D eigenvalue weighted by Gasteiger charge is 2.15. The summed E-state index contributed by atoms with van der Waals surface area (Å²) in [6.45, 7) is 5.15. The number of nitrogen functional groups attached to an aromatic ring is 1. The molecule has 32 heavy (non-hydrogen) atoms. The number of nitrogens with zero attached hydrogens (tertiary/aromatic N) is 3. The minimum absolute atomic E-state index is 0.221. The summed E-state index contributed by atoms with van der Waals surface area (Å²) in [7, 11) is 0. The van der Waals surface area contributed by atoms with Crippen molar-refractivity contribution in [3.63, 3.8) is 0 Å². The molecule has 0 fully saturated rings. The van der Waals surface area contributed by atoms with Gasteiger partial charge >= 0.3 is 5.69 Å². The quantitative estimate of drug-likeness (QED) is 0.273. The number of anilines is 3. The van der Waals surface area contributed by atoms with E-state index in [9.17, 15) is 9.59 Å². The molecule has 0 unspecified atom stereocenters. The Labute approximate surface area is 190 Å². The predicted molar refractivity (Wildman–Crippen MR) is 131 cm³/mol. The number of hydrogen-bond acceptors (Lipinski definition) is 8. The molecular weight excluding hydrogens is 428 g/mol. The molecule has 0 radical (unpaired) electrons. The first kappa shape index (κ1) is 23.6. The van der Waals surface area contributed by atoms with Gasteiger partial charge in [-0.3, -0.25) is 9.36 Å². The van der Waals surface area contributed by atoms with Crippen LogP contribution < -0.4 is 27.8 Å². The first-order chi connectivity index (χ1) is 15.4. The summed E-state index contributed by atoms with van der Waals surface area (Å²) >= 11 is 1.62. The predicted octanol–water partition coefficient (Wildman–Crippen LogP) is 1.98. The molecule has 0 bridgehead atoms. The van der Waals surface area contributed by atoms with Gasteiger partial charge in [0, 0.05) is 18.0 Å². The highest BCUT2D eigenvalue weighted by atomic mass is 32.2. The van der Waals surface area contributed by atoms with Gasteiger partial charge in [-0.15, -0.1) is 0 Å². The number of aromatic nitrogens is 4. The molecule has 2 heterocycles. The van der Waals surface area contributed by atoms with E-state index in [1.807, 2.05) is 19.1 Å². The molecule has 0 aliphatic carbocycles. The van der Waals surface area contributed by atoms with Gasteiger partial charge in [-0.05, 0) is 29.9 Å². The fourth-order valence-corrected chi connectivity index (χ4v) is 3.73. The van der Waals surface area contributed by atoms with Crippen LogP contribution in [0.1, 0.15) is 32.3 Å². The van der Waals surface area contributed by atoms with Gasteiger partial charge in [0.1, 0.15) is 5.52 Å². The van der Waals surface area contributed by atoms with Crippen LogP contribution in [0.4, 0.5) is 17.5 Å². The van der Waals surface area contributed by atoms with Crippen LogP contribution >= 0.6 is 11.8 Å². The molecule has 1 atom stereocenters. The van der Waals surface area contributed by atoms with E-state index >= 15 is 0 Å². The van der Waals surface area contributed by atoms with Gasteiger partial charge in [-0.2, -0.15) is 21.7 Å². The van der Waals surface area contributed by atoms with Crippen molar-refractivity contribution in [2.45, 2.75) is 39.3 Å². The average Bonchev–Trinajstić information content (AvgIpc) is 3.09. The van der Waals surface area contributed by atoms with Gasteiger partial charge in [-0.25, -0.2) is 4.79 Å². The van der Waals surface area contributed by atoms with Crippen molar-refractivity contribution >= 4 is 46.3 Å². The number of imidazole rings is 1. The van der Waals surface area contributed by atoms with Crippen molar-refractivity contribution in [2.75, 3.05) is 34.4 Å². The molecule has 7 N–H and O–H groups in total. The van der Waals surface area contributed by atoms with Crippen LogP contribution in [0.15, 0.2) is 29.1 Å². The summed E-state index contributed by atoms with van der Waals surface area (Å²) in [5.74, 6) is 1.88. The lowest BCUT2D eigenvalue weighted by atomic mass is 10.2. The van der Waals surface area contributed by atoms with Crippen molar-refractivity contribution < 1.29 is 4.79 Å². The average molecular weight is 459 g/mol. The molecule has 0 saturated carbocycles. The van der Waals surface area contributed by atoms with Crippen LogP contribution in [0.5, 0.6) is 0 Å². The smallest absolute Gasteiger partial charge is 0.328 e. The van der Waals surface area contributed by atoms with Crippen LogP contribution in [-0.2, 0) is 11.3 Å². The van der Waals surface area contributed by atoms with Crippen LogP contribution in [-0.4, -0.2) is 49.5 Å². The summed E-state index contributed by atoms with van der Waals surface area (Å²) in [5, 5.41) is 5.96. The molecular formula is C21H30N8O2S. The normalized spacial score (nSPS) is 12.1. The lowest BCUT2D eigenvalue weighted by Gasteiger charge is -2.12. The second kappa shape index (κ2) is 11.0. The maximum atomic E-state index is 12.5. The Kier molecular flexibility index (Phi) is 8.12. The third-order valence-electron chi connectivity index (χ3n) is 4.86. The number of nitrogens with one attached hydrogen (secondary N) is 3. The lowest BCUT2D eigenvalue weighted by molar-refractivity contribution is -0.116. The number of fused-ring (bicyclic) bond motifs is 1. The minimum atomic E-state index is -0.560. The number of thioether (sulfide) groups is 1. The van der Waals surface area contributed by atoms with Crippen LogP contribution in [0, 0.1) is 0 Å². The molecule has 10 nitrogen and oxygen atoms in total. The Morgan fingerprint density at radius 3 is 2.69 bits per heavy atom. The maximum absolute atomic E-state index is 12.5. The lowest BCUT2D eigenvalue weighted by Crippen LogP contribution is -2.37. The van der Waals surface area contributed by atoms with Crippen molar-refractivity contribution in [3.05, 3.63) is 40.3 Å². The summed E-state index contributed by atoms with van der Waals surface area (Å²) in [6, 6.07) is 6.70. The number of carbonyl (C=O) groups is 1. The number of H-pyrrole nitrogens is 1. The Hall–Kier alpha value is -3.05. The second-order valence-corrected chi connectivity index (χ2v) is 8.70. The summed E-state index contributed by atoms with van der Waals surface area (Å²) in [6.07, 6.45) is 2.02. The Morgan fingerprint density at radius 2 is 2.00 bits per heavy atom. The van der Waals surface area contributed by atoms with Gasteiger partial charge in [0.05, 0.1) is 12.6 Å². The summed E-state index contributed by atoms with van der Waals surface area (Å²) in [5.41, 5.74) is 14.0. The number of rotatable bonds is 11. The van der Waals surface area contributed by atoms with E-state index in [2.05, 4.69) is 32.5 Å². The van der Waals surface area contributed by atoms with E-state index in [1.54, 1.807) is 23.9 Å². The molecule has 3 aromatic rings. The maximum Gasteiger partial charge on any atom is 0.328 e. The largest absolute Gasteiger partial charge is 0.382 e. The standard InChI is InChI=1S/C21H30N8O2S/c1-3-5-10-24-20-27-17(23)16-18(28-20)29(21(31)26-16)11-13-6-8-14(9-7-13)25-19(30)15(22)12-32-4-2/h6-9,15H,3-5,10-12,22H2,1-2H3,(H,25,30)(H,26,31)(H3,23,24,27,28)/t15-/m0/s1. The number of benzene rings is 1. The summed E-state index contributed by atoms with van der Waals surface area (Å²) < 4.78 is 1.52. The first-order valence-electron chi connectivity index (χ1n) is 10.7. The monoisotopic (exact) mass is 458 g/mol. The molecule has 3 rings (SSSR count). The van der Waals surface area contributed by atoms with E-state index < -0.39 is 6.04 Å². The molecule has 0 saturated heterocycles. The molecule has 0 aliphatic heterocycles. The number of nitrogens with two attached hydrogens (primary N) is 2. The number of carbonyl (C=O) groups excluding carboxylic acids is 1. The van der Waals surface area contributed by atoms with Crippen LogP contribution in [0.3, 0.4) is 0 Å². The zero-order valence-electron chi connectivity index (χ0n) is 18.4. The van der Waals surface area contributed by atoms with Gasteiger partial charge in [0.25, 0.3) is 0 Å². The number of hydrogen-bond donors (Lipinski definition) is 5. The van der Waals surface area contributed by atoms with Gasteiger partial charge in [0.2, 0.25) is 11.9 Å². The Morgan fingerprint density at radius 1 is 1.25 bits per heavy atom. The zero-order chi connectivity index (χ0) is 23.1. The molecule has 0 spiro atoms. The van der Waals surface area contributed by atoms with Crippen LogP contribution in [0.25, 0.3) is 11.2 Å². The fourth-order valence-electron chi connectivity index (χ4n) is 3.09. The Bertz CT molecular complexity index is 1110. The van der Waals surface area contributed by atoms with E-state index in [0.29, 0.717) is 35.1 Å². The van der Waals surface area contributed by atoms with Crippen LogP contribution in [0.2, 0.25) is 0 Å². The summed E-state index contributed by atoms with van der Waals surface area (Å²) in [4.78, 5) is 36.2. The van der Waals surface area contributed by atoms with Crippen molar-refractivity contribution in [1.82, 2.24) is 19.5 Å². The third-order valence-corrected chi connectivity index (χ3v) is 5.87. The number of aromatic amines is 1. The molecule has 172 valence electrons. The zero-order valence-corrected chi connectivity index (χ0v) is 19.2. The van der Waals surface area contributed by atoms with E-state index in [0.717, 1.165) is 30.7 Å². The Balaban J connectivity index is 1.75. The SMILES string of the molecule is CCCCNc1nc(N)c2[nH]c(=O)n(Cc3ccc(NC(=O)[C@@H](N)CSCC)cc3)c2n1. The van der Waals surface area contributed by atoms with E-state index in [-0.39, 0.29) is 17.4 Å². The molecule has 1 amide bonds. The third kappa shape index (κ3) is 5.80. The van der Waals surface area contributed by atoms with Crippen molar-refractivity contribution in [3.8, 4) is 0 Å². The molecule has 1 aromatic carbocycles. The van der Waals surface area contributed by atoms with Crippen molar-refractivity contribution in [2.24, 2.45) is 5.73 Å². The molecule has 2 aromatic heterocycles. The molecule has 11 heteroatoms. The van der Waals surface area contributed by atoms with Gasteiger partial charge in [-0.1, -0.05) is 32.4 Å². The second-order valence-electron chi connectivity index (χ2n) is 7.38. The van der Waals surface area contributed by atoms with Gasteiger partial charge < -0.3 is 27.1 Å².